The largest absolute Gasteiger partial charge is 0.378 e. The number of halogens is 1. The summed E-state index contributed by atoms with van der Waals surface area (Å²) >= 11 is 1.54. The van der Waals surface area contributed by atoms with Crippen LogP contribution in [0.3, 0.4) is 0 Å². The molecule has 0 radical (unpaired) electrons. The highest BCUT2D eigenvalue weighted by molar-refractivity contribution is 7.13. The maximum absolute atomic E-state index is 13.1. The molecule has 158 valence electrons. The van der Waals surface area contributed by atoms with E-state index in [1.807, 2.05) is 0 Å². The first-order valence-electron chi connectivity index (χ1n) is 10.2. The van der Waals surface area contributed by atoms with Gasteiger partial charge in [0.05, 0.1) is 18.9 Å². The van der Waals surface area contributed by atoms with Crippen molar-refractivity contribution >= 4 is 35.5 Å². The van der Waals surface area contributed by atoms with E-state index in [0.717, 1.165) is 49.7 Å². The number of H-pyrrole nitrogens is 1. The number of rotatable bonds is 5. The third-order valence-corrected chi connectivity index (χ3v) is 6.46. The number of aromatic nitrogens is 3. The van der Waals surface area contributed by atoms with Crippen LogP contribution < -0.4 is 21.1 Å². The zero-order chi connectivity index (χ0) is 18.9. The molecule has 3 fully saturated rings. The quantitative estimate of drug-likeness (QED) is 0.658. The molecule has 1 saturated carbocycles. The second-order valence-electron chi connectivity index (χ2n) is 7.75. The maximum atomic E-state index is 13.1. The van der Waals surface area contributed by atoms with Crippen molar-refractivity contribution in [3.05, 3.63) is 21.4 Å². The lowest BCUT2D eigenvalue weighted by Crippen LogP contribution is -2.40. The van der Waals surface area contributed by atoms with Crippen molar-refractivity contribution in [2.24, 2.45) is 0 Å². The Labute approximate surface area is 179 Å². The normalized spacial score (nSPS) is 22.2. The molecule has 0 bridgehead atoms. The summed E-state index contributed by atoms with van der Waals surface area (Å²) in [5, 5.41) is 9.81. The van der Waals surface area contributed by atoms with Gasteiger partial charge < -0.3 is 20.3 Å². The van der Waals surface area contributed by atoms with Gasteiger partial charge in [-0.05, 0) is 32.2 Å². The van der Waals surface area contributed by atoms with Crippen molar-refractivity contribution in [2.75, 3.05) is 49.6 Å². The van der Waals surface area contributed by atoms with E-state index in [-0.39, 0.29) is 24.0 Å². The summed E-state index contributed by atoms with van der Waals surface area (Å²) in [6.45, 7) is 4.69. The van der Waals surface area contributed by atoms with Gasteiger partial charge >= 0.3 is 0 Å². The molecule has 0 spiro atoms. The van der Waals surface area contributed by atoms with E-state index in [0.29, 0.717) is 36.5 Å². The predicted octanol–water partition coefficient (Wildman–Crippen LogP) is 2.19. The molecule has 0 amide bonds. The Kier molecular flexibility index (Phi) is 6.38. The molecular formula is C19H27ClN6O2S. The molecule has 2 aromatic heterocycles. The molecule has 0 aromatic carbocycles. The van der Waals surface area contributed by atoms with Crippen molar-refractivity contribution in [1.29, 1.82) is 0 Å². The van der Waals surface area contributed by atoms with E-state index < -0.39 is 0 Å². The Bertz CT molecular complexity index is 887. The number of nitrogens with one attached hydrogen (secondary N) is 3. The van der Waals surface area contributed by atoms with Crippen LogP contribution in [-0.2, 0) is 4.74 Å². The Morgan fingerprint density at radius 3 is 2.76 bits per heavy atom. The summed E-state index contributed by atoms with van der Waals surface area (Å²) in [5.41, 5.74) is 1.56. The lowest BCUT2D eigenvalue weighted by molar-refractivity contribution is 0.122. The molecule has 8 nitrogen and oxygen atoms in total. The summed E-state index contributed by atoms with van der Waals surface area (Å²) in [7, 11) is 0. The molecule has 1 atom stereocenters. The maximum Gasteiger partial charge on any atom is 0.264 e. The average Bonchev–Trinajstić information content (AvgIpc) is 3.47. The molecule has 10 heteroatoms. The summed E-state index contributed by atoms with van der Waals surface area (Å²) in [4.78, 5) is 27.8. The third-order valence-electron chi connectivity index (χ3n) is 5.59. The minimum absolute atomic E-state index is 0. The molecule has 2 aliphatic heterocycles. The number of anilines is 2. The molecule has 0 unspecified atom stereocenters. The summed E-state index contributed by atoms with van der Waals surface area (Å²) in [6, 6.07) is 0.266. The van der Waals surface area contributed by atoms with Crippen LogP contribution in [-0.4, -0.2) is 60.4 Å². The van der Waals surface area contributed by atoms with Crippen molar-refractivity contribution in [3.8, 4) is 10.6 Å². The summed E-state index contributed by atoms with van der Waals surface area (Å²) in [5.74, 6) is 1.83. The van der Waals surface area contributed by atoms with Gasteiger partial charge in [0, 0.05) is 37.0 Å². The van der Waals surface area contributed by atoms with Gasteiger partial charge in [-0.2, -0.15) is 4.98 Å². The fraction of sp³-hybridized carbons (Fsp3) is 0.632. The molecular weight excluding hydrogens is 412 g/mol. The van der Waals surface area contributed by atoms with Gasteiger partial charge in [0.25, 0.3) is 5.56 Å². The molecule has 29 heavy (non-hydrogen) atoms. The topological polar surface area (TPSA) is 95.2 Å². The predicted molar refractivity (Wildman–Crippen MR) is 118 cm³/mol. The van der Waals surface area contributed by atoms with Crippen LogP contribution in [0.4, 0.5) is 11.8 Å². The molecule has 2 aromatic rings. The number of piperidine rings is 1. The van der Waals surface area contributed by atoms with Gasteiger partial charge in [-0.15, -0.1) is 23.7 Å². The Morgan fingerprint density at radius 2 is 2.03 bits per heavy atom. The van der Waals surface area contributed by atoms with Gasteiger partial charge in [-0.25, -0.2) is 4.98 Å². The van der Waals surface area contributed by atoms with Crippen LogP contribution in [0.25, 0.3) is 10.6 Å². The smallest absolute Gasteiger partial charge is 0.264 e. The fourth-order valence-corrected chi connectivity index (χ4v) is 4.77. The zero-order valence-electron chi connectivity index (χ0n) is 16.3. The van der Waals surface area contributed by atoms with E-state index in [4.69, 9.17) is 14.7 Å². The van der Waals surface area contributed by atoms with Crippen LogP contribution >= 0.6 is 23.7 Å². The van der Waals surface area contributed by atoms with Gasteiger partial charge in [0.15, 0.2) is 0 Å². The van der Waals surface area contributed by atoms with Crippen LogP contribution in [0, 0.1) is 0 Å². The Hall–Kier alpha value is -1.68. The van der Waals surface area contributed by atoms with E-state index >= 15 is 0 Å². The molecule has 3 aliphatic rings. The number of hydrogen-bond acceptors (Lipinski definition) is 8. The third kappa shape index (κ3) is 4.58. The van der Waals surface area contributed by atoms with Gasteiger partial charge in [-0.1, -0.05) is 0 Å². The fourth-order valence-electron chi connectivity index (χ4n) is 3.83. The second-order valence-corrected chi connectivity index (χ2v) is 8.61. The first kappa shape index (κ1) is 20.6. The standard InChI is InChI=1S/C19H26N6O2S.ClH/c26-17-15(18-22-14(11-28-18)12-3-4-12)16(21-13-2-1-5-20-10-13)23-19(24-17)25-6-8-27-9-7-25;/h11-13,20H,1-10H2,(H2,21,23,24,26);1H/t13-;/m1./s1. The number of hydrogen-bond donors (Lipinski definition) is 3. The number of morpholine rings is 1. The van der Waals surface area contributed by atoms with Crippen LogP contribution in [0.1, 0.15) is 37.3 Å². The number of nitrogens with zero attached hydrogens (tertiary/aromatic N) is 3. The first-order valence-corrected chi connectivity index (χ1v) is 11.1. The number of ether oxygens (including phenoxy) is 1. The highest BCUT2D eigenvalue weighted by Crippen LogP contribution is 2.41. The zero-order valence-corrected chi connectivity index (χ0v) is 17.9. The minimum atomic E-state index is -0.126. The van der Waals surface area contributed by atoms with E-state index in [2.05, 4.69) is 25.9 Å². The van der Waals surface area contributed by atoms with Crippen molar-refractivity contribution in [2.45, 2.75) is 37.6 Å². The lowest BCUT2D eigenvalue weighted by atomic mass is 10.1. The van der Waals surface area contributed by atoms with E-state index in [1.165, 1.54) is 12.8 Å². The van der Waals surface area contributed by atoms with Gasteiger partial charge in [-0.3, -0.25) is 9.78 Å². The highest BCUT2D eigenvalue weighted by Gasteiger charge is 2.28. The van der Waals surface area contributed by atoms with Gasteiger partial charge in [0.2, 0.25) is 5.95 Å². The minimum Gasteiger partial charge on any atom is -0.378 e. The van der Waals surface area contributed by atoms with Crippen molar-refractivity contribution in [1.82, 2.24) is 20.3 Å². The Morgan fingerprint density at radius 1 is 1.21 bits per heavy atom. The van der Waals surface area contributed by atoms with E-state index in [9.17, 15) is 4.79 Å². The summed E-state index contributed by atoms with van der Waals surface area (Å²) < 4.78 is 5.43. The molecule has 4 heterocycles. The monoisotopic (exact) mass is 438 g/mol. The second kappa shape index (κ2) is 8.99. The van der Waals surface area contributed by atoms with Gasteiger partial charge in [0.1, 0.15) is 16.4 Å². The highest BCUT2D eigenvalue weighted by atomic mass is 35.5. The molecule has 3 N–H and O–H groups in total. The number of aromatic amines is 1. The van der Waals surface area contributed by atoms with Crippen LogP contribution in [0.15, 0.2) is 10.2 Å². The van der Waals surface area contributed by atoms with Crippen LogP contribution in [0.2, 0.25) is 0 Å². The Balaban J connectivity index is 0.00000205. The van der Waals surface area contributed by atoms with E-state index in [1.54, 1.807) is 11.3 Å². The average molecular weight is 439 g/mol. The summed E-state index contributed by atoms with van der Waals surface area (Å²) in [6.07, 6.45) is 4.59. The SMILES string of the molecule is Cl.O=c1[nH]c(N2CCOCC2)nc(N[C@@H]2CCCNC2)c1-c1nc(C2CC2)cs1. The molecule has 1 aliphatic carbocycles. The van der Waals surface area contributed by atoms with Crippen LogP contribution in [0.5, 0.6) is 0 Å². The van der Waals surface area contributed by atoms with Crippen molar-refractivity contribution in [3.63, 3.8) is 0 Å². The lowest BCUT2D eigenvalue weighted by Gasteiger charge is -2.29. The molecule has 5 rings (SSSR count). The van der Waals surface area contributed by atoms with Crippen molar-refractivity contribution < 1.29 is 4.74 Å². The molecule has 2 saturated heterocycles. The first-order chi connectivity index (χ1) is 13.8. The number of thiazole rings is 1.